The van der Waals surface area contributed by atoms with E-state index in [0.717, 1.165) is 39.0 Å². The van der Waals surface area contributed by atoms with Crippen LogP contribution in [0.5, 0.6) is 0 Å². The Hall–Kier alpha value is -1.99. The Balaban J connectivity index is 1.32. The summed E-state index contributed by atoms with van der Waals surface area (Å²) in [5.74, 6) is 0.331. The van der Waals surface area contributed by atoms with Crippen LogP contribution in [0.4, 0.5) is 0 Å². The second-order valence-corrected chi connectivity index (χ2v) is 16.3. The number of rotatable bonds is 11. The molecule has 2 aromatic carbocycles. The second kappa shape index (κ2) is 13.4. The van der Waals surface area contributed by atoms with Gasteiger partial charge in [-0.1, -0.05) is 94.3 Å². The summed E-state index contributed by atoms with van der Waals surface area (Å²) in [6.07, 6.45) is 8.22. The van der Waals surface area contributed by atoms with Gasteiger partial charge in [-0.25, -0.2) is 0 Å². The normalized spacial score (nSPS) is 22.6. The van der Waals surface area contributed by atoms with Gasteiger partial charge in [0.15, 0.2) is 0 Å². The molecule has 38 heavy (non-hydrogen) atoms. The second-order valence-electron chi connectivity index (χ2n) is 12.0. The molecular weight excluding hydrogens is 490 g/mol. The van der Waals surface area contributed by atoms with Crippen molar-refractivity contribution in [1.29, 1.82) is 0 Å². The fourth-order valence-electron chi connectivity index (χ4n) is 6.43. The van der Waals surface area contributed by atoms with Crippen LogP contribution in [0.1, 0.15) is 72.6 Å². The van der Waals surface area contributed by atoms with Crippen LogP contribution < -0.4 is 10.4 Å². The summed E-state index contributed by atoms with van der Waals surface area (Å²) in [7, 11) is -2.45. The zero-order valence-corrected chi connectivity index (χ0v) is 24.9. The number of unbranched alkanes of at least 4 members (excludes halogenated alkanes) is 2. The first-order valence-corrected chi connectivity index (χ1v) is 16.5. The van der Waals surface area contributed by atoms with Gasteiger partial charge < -0.3 is 13.9 Å². The van der Waals surface area contributed by atoms with Crippen molar-refractivity contribution in [1.82, 2.24) is 4.90 Å². The number of hydrogen-bond donors (Lipinski definition) is 0. The number of carbonyl (C=O) groups excluding carboxylic acids is 1. The molecule has 0 amide bonds. The van der Waals surface area contributed by atoms with E-state index in [1.807, 2.05) is 0 Å². The first kappa shape index (κ1) is 29.0. The van der Waals surface area contributed by atoms with E-state index >= 15 is 0 Å². The molecule has 2 fully saturated rings. The van der Waals surface area contributed by atoms with E-state index in [4.69, 9.17) is 13.9 Å². The third-order valence-corrected chi connectivity index (χ3v) is 13.3. The maximum Gasteiger partial charge on any atom is 0.302 e. The molecule has 2 aromatic rings. The van der Waals surface area contributed by atoms with Gasteiger partial charge in [-0.3, -0.25) is 9.69 Å². The Morgan fingerprint density at radius 1 is 0.947 bits per heavy atom. The molecule has 2 saturated heterocycles. The van der Waals surface area contributed by atoms with Crippen molar-refractivity contribution in [2.75, 3.05) is 26.3 Å². The Kier molecular flexibility index (Phi) is 10.2. The van der Waals surface area contributed by atoms with Crippen molar-refractivity contribution < 1.29 is 18.7 Å². The minimum absolute atomic E-state index is 0.0161. The number of benzene rings is 2. The summed E-state index contributed by atoms with van der Waals surface area (Å²) >= 11 is 0. The van der Waals surface area contributed by atoms with E-state index < -0.39 is 8.32 Å². The van der Waals surface area contributed by atoms with Gasteiger partial charge in [-0.2, -0.15) is 0 Å². The van der Waals surface area contributed by atoms with Gasteiger partial charge in [0.25, 0.3) is 8.32 Å². The topological polar surface area (TPSA) is 48.0 Å². The molecule has 2 heterocycles. The van der Waals surface area contributed by atoms with Crippen LogP contribution in [-0.4, -0.2) is 57.8 Å². The van der Waals surface area contributed by atoms with E-state index in [1.54, 1.807) is 0 Å². The molecule has 0 radical (unpaired) electrons. The molecule has 4 rings (SSSR count). The smallest absolute Gasteiger partial charge is 0.302 e. The van der Waals surface area contributed by atoms with E-state index in [2.05, 4.69) is 86.3 Å². The van der Waals surface area contributed by atoms with E-state index in [9.17, 15) is 4.79 Å². The number of piperidine rings is 1. The fourth-order valence-corrected chi connectivity index (χ4v) is 11.0. The summed E-state index contributed by atoms with van der Waals surface area (Å²) < 4.78 is 18.8. The molecule has 0 aromatic heterocycles. The highest BCUT2D eigenvalue weighted by molar-refractivity contribution is 6.99. The standard InChI is InChI=1S/C32H47NO4Si/c1-26(34)35-25-28-21-23-33-22-14-16-27(31(33)37-28)15-8-7-13-24-36-38(32(2,3)4,29-17-9-5-10-18-29)30-19-11-6-12-20-30/h5-6,9-12,17-20,27-28,31H,7-8,13-16,21-25H2,1-4H3/t27-,28+,31+/m1/s1. The van der Waals surface area contributed by atoms with Crippen LogP contribution in [0.15, 0.2) is 60.7 Å². The third-order valence-electron chi connectivity index (χ3n) is 8.28. The van der Waals surface area contributed by atoms with Crippen LogP contribution in [-0.2, 0) is 18.7 Å². The van der Waals surface area contributed by atoms with Gasteiger partial charge in [0, 0.05) is 26.6 Å². The minimum atomic E-state index is -2.45. The van der Waals surface area contributed by atoms with Crippen molar-refractivity contribution in [2.24, 2.45) is 5.92 Å². The summed E-state index contributed by atoms with van der Waals surface area (Å²) in [5, 5.41) is 2.71. The lowest BCUT2D eigenvalue weighted by atomic mass is 9.89. The van der Waals surface area contributed by atoms with Gasteiger partial charge in [0.2, 0.25) is 0 Å². The summed E-state index contributed by atoms with van der Waals surface area (Å²) in [6, 6.07) is 21.8. The molecule has 2 aliphatic heterocycles. The van der Waals surface area contributed by atoms with Crippen LogP contribution in [0.3, 0.4) is 0 Å². The Labute approximate surface area is 231 Å². The SMILES string of the molecule is CC(=O)OC[C@@H]1CCN2CCC[C@@H](CCCCCO[Si](c3ccccc3)(c3ccccc3)C(C)(C)C)[C@@H]2O1. The Bertz CT molecular complexity index is 954. The van der Waals surface area contributed by atoms with Crippen LogP contribution in [0.2, 0.25) is 5.04 Å². The number of carbonyl (C=O) groups is 1. The summed E-state index contributed by atoms with van der Waals surface area (Å²) in [4.78, 5) is 13.7. The van der Waals surface area contributed by atoms with Crippen LogP contribution >= 0.6 is 0 Å². The van der Waals surface area contributed by atoms with Crippen LogP contribution in [0.25, 0.3) is 0 Å². The number of hydrogen-bond acceptors (Lipinski definition) is 5. The molecule has 0 bridgehead atoms. The van der Waals surface area contributed by atoms with Crippen molar-refractivity contribution in [3.8, 4) is 0 Å². The Morgan fingerprint density at radius 2 is 1.61 bits per heavy atom. The molecular formula is C32H47NO4Si. The lowest BCUT2D eigenvalue weighted by molar-refractivity contribution is -0.195. The monoisotopic (exact) mass is 537 g/mol. The molecule has 0 saturated carbocycles. The highest BCUT2D eigenvalue weighted by Gasteiger charge is 2.50. The zero-order chi connectivity index (χ0) is 27.0. The fraction of sp³-hybridized carbons (Fsp3) is 0.594. The van der Waals surface area contributed by atoms with Gasteiger partial charge >= 0.3 is 5.97 Å². The molecule has 6 heteroatoms. The van der Waals surface area contributed by atoms with Crippen molar-refractivity contribution >= 4 is 24.7 Å². The Morgan fingerprint density at radius 3 is 2.21 bits per heavy atom. The predicted octanol–water partition coefficient (Wildman–Crippen LogP) is 5.51. The predicted molar refractivity (Wildman–Crippen MR) is 156 cm³/mol. The van der Waals surface area contributed by atoms with E-state index in [1.165, 1.54) is 43.0 Å². The van der Waals surface area contributed by atoms with Gasteiger partial charge in [-0.05, 0) is 53.4 Å². The lowest BCUT2D eigenvalue weighted by Crippen LogP contribution is -2.66. The van der Waals surface area contributed by atoms with Crippen molar-refractivity contribution in [2.45, 2.75) is 90.0 Å². The molecule has 0 unspecified atom stereocenters. The molecule has 0 N–H and O–H groups in total. The number of esters is 1. The first-order valence-electron chi connectivity index (χ1n) is 14.6. The molecule has 5 nitrogen and oxygen atoms in total. The molecule has 0 spiro atoms. The number of ether oxygens (including phenoxy) is 2. The summed E-state index contributed by atoms with van der Waals surface area (Å²) in [6.45, 7) is 11.8. The summed E-state index contributed by atoms with van der Waals surface area (Å²) in [5.41, 5.74) is 0. The molecule has 3 atom stereocenters. The highest BCUT2D eigenvalue weighted by Crippen LogP contribution is 2.37. The average molecular weight is 538 g/mol. The van der Waals surface area contributed by atoms with Gasteiger partial charge in [-0.15, -0.1) is 0 Å². The van der Waals surface area contributed by atoms with E-state index in [0.29, 0.717) is 12.5 Å². The first-order chi connectivity index (χ1) is 18.3. The van der Waals surface area contributed by atoms with Crippen molar-refractivity contribution in [3.05, 3.63) is 60.7 Å². The average Bonchev–Trinajstić information content (AvgIpc) is 2.92. The van der Waals surface area contributed by atoms with Gasteiger partial charge in [0.1, 0.15) is 12.8 Å². The highest BCUT2D eigenvalue weighted by atomic mass is 28.4. The number of nitrogens with zero attached hydrogens (tertiary/aromatic N) is 1. The van der Waals surface area contributed by atoms with E-state index in [-0.39, 0.29) is 23.3 Å². The molecule has 2 aliphatic rings. The largest absolute Gasteiger partial charge is 0.463 e. The lowest BCUT2D eigenvalue weighted by Gasteiger charge is -2.46. The maximum atomic E-state index is 11.2. The van der Waals surface area contributed by atoms with Gasteiger partial charge in [0.05, 0.1) is 6.10 Å². The third kappa shape index (κ3) is 6.95. The molecule has 208 valence electrons. The quantitative estimate of drug-likeness (QED) is 0.215. The maximum absolute atomic E-state index is 11.2. The zero-order valence-electron chi connectivity index (χ0n) is 23.9. The minimum Gasteiger partial charge on any atom is -0.463 e. The number of fused-ring (bicyclic) bond motifs is 1. The van der Waals surface area contributed by atoms with Crippen LogP contribution in [0, 0.1) is 5.92 Å². The van der Waals surface area contributed by atoms with Crippen molar-refractivity contribution in [3.63, 3.8) is 0 Å². The molecule has 0 aliphatic carbocycles.